The number of nitrogens with zero attached hydrogens (tertiary/aromatic N) is 2. The van der Waals surface area contributed by atoms with Gasteiger partial charge in [-0.15, -0.1) is 5.54 Å². The summed E-state index contributed by atoms with van der Waals surface area (Å²) in [6.45, 7) is 6.93. The van der Waals surface area contributed by atoms with E-state index in [0.717, 1.165) is 0 Å². The molecule has 5 heteroatoms. The van der Waals surface area contributed by atoms with Crippen molar-refractivity contribution in [2.45, 2.75) is 26.2 Å². The molecule has 0 aliphatic heterocycles. The monoisotopic (exact) mass is 222 g/mol. The highest BCUT2D eigenvalue weighted by molar-refractivity contribution is 6.83. The summed E-state index contributed by atoms with van der Waals surface area (Å²) in [6, 6.07) is 0. The molecule has 1 aromatic rings. The highest BCUT2D eigenvalue weighted by atomic mass is 28.3. The van der Waals surface area contributed by atoms with Crippen LogP contribution in [0.25, 0.3) is 0 Å². The standard InChI is InChI=1S/C10H14N2O2Si/c1-15(2,3)6-4-5-12-8-9(7-11-12)10(13)14/h7-8H,5H2,1-3H3,(H,13,14). The van der Waals surface area contributed by atoms with Crippen molar-refractivity contribution in [3.05, 3.63) is 18.0 Å². The minimum absolute atomic E-state index is 0.199. The maximum Gasteiger partial charge on any atom is 0.338 e. The van der Waals surface area contributed by atoms with Crippen LogP contribution in [0.15, 0.2) is 12.4 Å². The number of hydrogen-bond acceptors (Lipinski definition) is 2. The van der Waals surface area contributed by atoms with E-state index in [0.29, 0.717) is 6.54 Å². The lowest BCUT2D eigenvalue weighted by molar-refractivity contribution is 0.0697. The van der Waals surface area contributed by atoms with Crippen molar-refractivity contribution >= 4 is 14.0 Å². The molecule has 0 bridgehead atoms. The van der Waals surface area contributed by atoms with Crippen molar-refractivity contribution in [3.63, 3.8) is 0 Å². The van der Waals surface area contributed by atoms with E-state index in [1.165, 1.54) is 17.1 Å². The molecule has 1 rings (SSSR count). The second-order valence-corrected chi connectivity index (χ2v) is 9.03. The molecule has 0 unspecified atom stereocenters. The molecule has 1 N–H and O–H groups in total. The average Bonchev–Trinajstić information content (AvgIpc) is 2.50. The fourth-order valence-electron chi connectivity index (χ4n) is 0.946. The first-order valence-electron chi connectivity index (χ1n) is 4.64. The Bertz CT molecular complexity index is 421. The van der Waals surface area contributed by atoms with E-state index in [4.69, 9.17) is 5.11 Å². The largest absolute Gasteiger partial charge is 0.478 e. The van der Waals surface area contributed by atoms with E-state index < -0.39 is 14.0 Å². The second-order valence-electron chi connectivity index (χ2n) is 4.28. The molecule has 4 nitrogen and oxygen atoms in total. The molecule has 0 spiro atoms. The highest BCUT2D eigenvalue weighted by Crippen LogP contribution is 1.98. The van der Waals surface area contributed by atoms with E-state index in [1.807, 2.05) is 0 Å². The topological polar surface area (TPSA) is 55.1 Å². The minimum atomic E-state index is -1.34. The van der Waals surface area contributed by atoms with Gasteiger partial charge in [0.25, 0.3) is 0 Å². The van der Waals surface area contributed by atoms with Crippen LogP contribution < -0.4 is 0 Å². The summed E-state index contributed by atoms with van der Waals surface area (Å²) in [4.78, 5) is 10.6. The van der Waals surface area contributed by atoms with Crippen LogP contribution in [-0.4, -0.2) is 28.9 Å². The number of aromatic nitrogens is 2. The first-order chi connectivity index (χ1) is 6.88. The quantitative estimate of drug-likeness (QED) is 0.609. The Morgan fingerprint density at radius 2 is 2.27 bits per heavy atom. The average molecular weight is 222 g/mol. The van der Waals surface area contributed by atoms with Crippen LogP contribution in [0.3, 0.4) is 0 Å². The predicted molar refractivity (Wildman–Crippen MR) is 60.3 cm³/mol. The van der Waals surface area contributed by atoms with Crippen molar-refractivity contribution in [2.24, 2.45) is 0 Å². The third-order valence-electron chi connectivity index (χ3n) is 1.58. The maximum atomic E-state index is 10.6. The number of carboxylic acid groups (broad SMARTS) is 1. The Morgan fingerprint density at radius 3 is 2.73 bits per heavy atom. The van der Waals surface area contributed by atoms with Gasteiger partial charge in [0.05, 0.1) is 11.8 Å². The van der Waals surface area contributed by atoms with Crippen LogP contribution in [0.4, 0.5) is 0 Å². The Kier molecular flexibility index (Phi) is 3.32. The van der Waals surface area contributed by atoms with Gasteiger partial charge in [-0.1, -0.05) is 25.6 Å². The lowest BCUT2D eigenvalue weighted by atomic mass is 10.4. The van der Waals surface area contributed by atoms with Crippen LogP contribution in [0.1, 0.15) is 10.4 Å². The van der Waals surface area contributed by atoms with Gasteiger partial charge in [-0.3, -0.25) is 4.68 Å². The van der Waals surface area contributed by atoms with Crippen LogP contribution in [0.5, 0.6) is 0 Å². The second kappa shape index (κ2) is 4.32. The Labute approximate surface area is 89.9 Å². The van der Waals surface area contributed by atoms with Crippen molar-refractivity contribution in [3.8, 4) is 11.5 Å². The predicted octanol–water partition coefficient (Wildman–Crippen LogP) is 1.46. The van der Waals surface area contributed by atoms with E-state index >= 15 is 0 Å². The van der Waals surface area contributed by atoms with Crippen molar-refractivity contribution in [1.29, 1.82) is 0 Å². The van der Waals surface area contributed by atoms with E-state index in [2.05, 4.69) is 36.2 Å². The van der Waals surface area contributed by atoms with Crippen LogP contribution in [-0.2, 0) is 6.54 Å². The molecule has 0 radical (unpaired) electrons. The van der Waals surface area contributed by atoms with Gasteiger partial charge in [0.1, 0.15) is 14.6 Å². The molecule has 0 atom stereocenters. The SMILES string of the molecule is C[Si](C)(C)C#CCn1cc(C(=O)O)cn1. The molecule has 0 amide bonds. The zero-order valence-corrected chi connectivity index (χ0v) is 10.1. The summed E-state index contributed by atoms with van der Waals surface area (Å²) >= 11 is 0. The summed E-state index contributed by atoms with van der Waals surface area (Å²) < 4.78 is 1.54. The fraction of sp³-hybridized carbons (Fsp3) is 0.400. The summed E-state index contributed by atoms with van der Waals surface area (Å²) in [5, 5.41) is 12.6. The molecule has 0 aromatic carbocycles. The molecule has 0 aliphatic carbocycles. The summed E-state index contributed by atoms with van der Waals surface area (Å²) in [5.41, 5.74) is 3.39. The van der Waals surface area contributed by atoms with Crippen molar-refractivity contribution in [2.75, 3.05) is 0 Å². The number of carbonyl (C=O) groups is 1. The first kappa shape index (κ1) is 11.5. The zero-order valence-electron chi connectivity index (χ0n) is 9.11. The van der Waals surface area contributed by atoms with Gasteiger partial charge in [0, 0.05) is 6.20 Å². The van der Waals surface area contributed by atoms with Crippen LogP contribution in [0.2, 0.25) is 19.6 Å². The Balaban J connectivity index is 2.65. The van der Waals surface area contributed by atoms with Gasteiger partial charge in [-0.25, -0.2) is 4.79 Å². The molecule has 0 fully saturated rings. The van der Waals surface area contributed by atoms with Gasteiger partial charge < -0.3 is 5.11 Å². The normalized spacial score (nSPS) is 10.6. The van der Waals surface area contributed by atoms with Gasteiger partial charge in [-0.05, 0) is 0 Å². The molecule has 15 heavy (non-hydrogen) atoms. The van der Waals surface area contributed by atoms with E-state index in [-0.39, 0.29) is 5.56 Å². The third-order valence-corrected chi connectivity index (χ3v) is 2.51. The smallest absolute Gasteiger partial charge is 0.338 e. The molecule has 0 aliphatic rings. The molecule has 0 saturated carbocycles. The maximum absolute atomic E-state index is 10.6. The fourth-order valence-corrected chi connectivity index (χ4v) is 1.56. The van der Waals surface area contributed by atoms with Crippen LogP contribution >= 0.6 is 0 Å². The zero-order chi connectivity index (χ0) is 11.5. The van der Waals surface area contributed by atoms with Gasteiger partial charge in [0.15, 0.2) is 0 Å². The van der Waals surface area contributed by atoms with Gasteiger partial charge in [-0.2, -0.15) is 5.10 Å². The Morgan fingerprint density at radius 1 is 1.60 bits per heavy atom. The van der Waals surface area contributed by atoms with Crippen LogP contribution in [0, 0.1) is 11.5 Å². The molecule has 1 aromatic heterocycles. The lowest BCUT2D eigenvalue weighted by Gasteiger charge is -2.03. The van der Waals surface area contributed by atoms with E-state index in [1.54, 1.807) is 0 Å². The summed E-state index contributed by atoms with van der Waals surface area (Å²) in [5.74, 6) is 2.05. The highest BCUT2D eigenvalue weighted by Gasteiger charge is 2.07. The molecular weight excluding hydrogens is 208 g/mol. The number of hydrogen-bond donors (Lipinski definition) is 1. The molecule has 1 heterocycles. The lowest BCUT2D eigenvalue weighted by Crippen LogP contribution is -2.16. The van der Waals surface area contributed by atoms with Gasteiger partial charge in [0.2, 0.25) is 0 Å². The van der Waals surface area contributed by atoms with Crippen molar-refractivity contribution in [1.82, 2.24) is 9.78 Å². The minimum Gasteiger partial charge on any atom is -0.478 e. The molecule has 80 valence electrons. The van der Waals surface area contributed by atoms with E-state index in [9.17, 15) is 4.79 Å². The Hall–Kier alpha value is -1.54. The van der Waals surface area contributed by atoms with Gasteiger partial charge >= 0.3 is 5.97 Å². The number of rotatable bonds is 2. The first-order valence-corrected chi connectivity index (χ1v) is 8.14. The number of aromatic carboxylic acids is 1. The van der Waals surface area contributed by atoms with Crippen molar-refractivity contribution < 1.29 is 9.90 Å². The summed E-state index contributed by atoms with van der Waals surface area (Å²) in [6.07, 6.45) is 2.82. The molecular formula is C10H14N2O2Si. The molecule has 0 saturated heterocycles. The third kappa shape index (κ3) is 4.00. The summed E-state index contributed by atoms with van der Waals surface area (Å²) in [7, 11) is -1.34. The number of carboxylic acids is 1.